The lowest BCUT2D eigenvalue weighted by atomic mass is 10.1. The van der Waals surface area contributed by atoms with Crippen molar-refractivity contribution in [1.29, 1.82) is 0 Å². The summed E-state index contributed by atoms with van der Waals surface area (Å²) in [5.74, 6) is -2.12. The van der Waals surface area contributed by atoms with Gasteiger partial charge in [-0.3, -0.25) is 4.79 Å². The van der Waals surface area contributed by atoms with Crippen LogP contribution in [0.2, 0.25) is 0 Å². The van der Waals surface area contributed by atoms with Crippen molar-refractivity contribution in [3.63, 3.8) is 0 Å². The number of methoxy groups -OCH3 is 1. The van der Waals surface area contributed by atoms with Gasteiger partial charge in [-0.05, 0) is 30.7 Å². The lowest BCUT2D eigenvalue weighted by Gasteiger charge is -2.16. The van der Waals surface area contributed by atoms with Crippen LogP contribution in [0.25, 0.3) is 0 Å². The van der Waals surface area contributed by atoms with E-state index in [1.54, 1.807) is 0 Å². The van der Waals surface area contributed by atoms with Crippen LogP contribution in [-0.4, -0.2) is 51.9 Å². The third-order valence-electron chi connectivity index (χ3n) is 3.10. The van der Waals surface area contributed by atoms with Crippen molar-refractivity contribution in [3.05, 3.63) is 30.4 Å². The number of phenols is 3. The number of carbonyl (C=O) groups excluding carboxylic acids is 2. The maximum absolute atomic E-state index is 12.2. The van der Waals surface area contributed by atoms with E-state index < -0.39 is 35.2 Å². The van der Waals surface area contributed by atoms with E-state index in [1.165, 1.54) is 18.9 Å². The number of rotatable bonds is 9. The highest BCUT2D eigenvalue weighted by molar-refractivity contribution is 7.99. The molecule has 0 aliphatic heterocycles. The predicted molar refractivity (Wildman–Crippen MR) is 91.5 cm³/mol. The second kappa shape index (κ2) is 9.71. The number of benzene rings is 1. The number of carbonyl (C=O) groups is 2. The monoisotopic (exact) mass is 355 g/mol. The molecular formula is C16H21NO6S. The van der Waals surface area contributed by atoms with Gasteiger partial charge >= 0.3 is 5.97 Å². The zero-order valence-corrected chi connectivity index (χ0v) is 14.1. The highest BCUT2D eigenvalue weighted by Gasteiger charge is 2.23. The third kappa shape index (κ3) is 5.69. The quantitative estimate of drug-likeness (QED) is 0.231. The van der Waals surface area contributed by atoms with Gasteiger partial charge in [0.1, 0.15) is 6.04 Å². The summed E-state index contributed by atoms with van der Waals surface area (Å²) in [6, 6.07) is 1.13. The van der Waals surface area contributed by atoms with Crippen molar-refractivity contribution >= 4 is 23.6 Å². The Kier molecular flexibility index (Phi) is 7.97. The number of allylic oxidation sites excluding steroid dienone is 1. The molecule has 1 aromatic carbocycles. The molecule has 0 fully saturated rings. The minimum Gasteiger partial charge on any atom is -0.504 e. The van der Waals surface area contributed by atoms with Crippen molar-refractivity contribution in [2.45, 2.75) is 18.9 Å². The summed E-state index contributed by atoms with van der Waals surface area (Å²) >= 11 is 1.49. The zero-order chi connectivity index (χ0) is 18.1. The fraction of sp³-hybridized carbons (Fsp3) is 0.375. The zero-order valence-electron chi connectivity index (χ0n) is 13.3. The Morgan fingerprint density at radius 2 is 1.96 bits per heavy atom. The summed E-state index contributed by atoms with van der Waals surface area (Å²) < 4.78 is 4.67. The first kappa shape index (κ1) is 19.7. The van der Waals surface area contributed by atoms with Gasteiger partial charge in [-0.25, -0.2) is 4.79 Å². The van der Waals surface area contributed by atoms with Crippen molar-refractivity contribution in [1.82, 2.24) is 5.32 Å². The smallest absolute Gasteiger partial charge is 0.329 e. The van der Waals surface area contributed by atoms with Crippen LogP contribution in [0.15, 0.2) is 24.8 Å². The number of ether oxygens (including phenoxy) is 1. The van der Waals surface area contributed by atoms with E-state index in [0.29, 0.717) is 5.75 Å². The summed E-state index contributed by atoms with van der Waals surface area (Å²) in [5.41, 5.74) is -0.0895. The van der Waals surface area contributed by atoms with Crippen LogP contribution >= 0.6 is 11.8 Å². The first-order valence-corrected chi connectivity index (χ1v) is 8.38. The number of aromatic hydroxyl groups is 3. The maximum Gasteiger partial charge on any atom is 0.329 e. The average Bonchev–Trinajstić information content (AvgIpc) is 2.57. The molecule has 0 radical (unpaired) electrons. The van der Waals surface area contributed by atoms with Gasteiger partial charge in [-0.2, -0.15) is 11.8 Å². The predicted octanol–water partition coefficient (Wildman–Crippen LogP) is 1.77. The van der Waals surface area contributed by atoms with Crippen molar-refractivity contribution in [3.8, 4) is 17.2 Å². The van der Waals surface area contributed by atoms with Gasteiger partial charge in [0.15, 0.2) is 17.2 Å². The highest BCUT2D eigenvalue weighted by atomic mass is 32.2. The first-order chi connectivity index (χ1) is 11.4. The number of esters is 1. The van der Waals surface area contributed by atoms with Crippen LogP contribution in [0, 0.1) is 0 Å². The molecule has 0 unspecified atom stereocenters. The number of hydrogen-bond donors (Lipinski definition) is 4. The van der Waals surface area contributed by atoms with Gasteiger partial charge in [-0.15, -0.1) is 6.58 Å². The van der Waals surface area contributed by atoms with Crippen molar-refractivity contribution < 1.29 is 29.6 Å². The lowest BCUT2D eigenvalue weighted by Crippen LogP contribution is -2.43. The SMILES string of the molecule is C=CCCCSC[C@H](NC(=O)c1cc(O)c(O)c(O)c1)C(=O)OC. The second-order valence-corrected chi connectivity index (χ2v) is 6.07. The van der Waals surface area contributed by atoms with Crippen LogP contribution in [0.1, 0.15) is 23.2 Å². The fourth-order valence-electron chi connectivity index (χ4n) is 1.82. The molecule has 1 rings (SSSR count). The molecule has 1 amide bonds. The van der Waals surface area contributed by atoms with E-state index >= 15 is 0 Å². The van der Waals surface area contributed by atoms with Gasteiger partial charge in [0.05, 0.1) is 7.11 Å². The Balaban J connectivity index is 2.73. The third-order valence-corrected chi connectivity index (χ3v) is 4.25. The molecule has 7 nitrogen and oxygen atoms in total. The van der Waals surface area contributed by atoms with Gasteiger partial charge in [0, 0.05) is 11.3 Å². The number of amides is 1. The molecule has 0 aliphatic rings. The molecule has 1 aromatic rings. The Morgan fingerprint density at radius 1 is 1.33 bits per heavy atom. The summed E-state index contributed by atoms with van der Waals surface area (Å²) in [6.45, 7) is 3.63. The van der Waals surface area contributed by atoms with E-state index in [1.807, 2.05) is 6.08 Å². The first-order valence-electron chi connectivity index (χ1n) is 7.23. The molecule has 0 aromatic heterocycles. The molecule has 0 bridgehead atoms. The number of nitrogens with one attached hydrogen (secondary N) is 1. The molecule has 8 heteroatoms. The molecule has 0 spiro atoms. The van der Waals surface area contributed by atoms with E-state index in [9.17, 15) is 24.9 Å². The van der Waals surface area contributed by atoms with E-state index in [4.69, 9.17) is 0 Å². The number of phenolic OH excluding ortho intramolecular Hbond substituents is 3. The number of hydrogen-bond acceptors (Lipinski definition) is 7. The molecule has 0 saturated heterocycles. The van der Waals surface area contributed by atoms with Crippen molar-refractivity contribution in [2.24, 2.45) is 0 Å². The van der Waals surface area contributed by atoms with Crippen LogP contribution in [0.4, 0.5) is 0 Å². The summed E-state index contributed by atoms with van der Waals surface area (Å²) in [5, 5.41) is 30.7. The summed E-state index contributed by atoms with van der Waals surface area (Å²) in [6.07, 6.45) is 3.59. The van der Waals surface area contributed by atoms with E-state index in [0.717, 1.165) is 30.7 Å². The molecule has 4 N–H and O–H groups in total. The number of thioether (sulfide) groups is 1. The van der Waals surface area contributed by atoms with Crippen LogP contribution in [-0.2, 0) is 9.53 Å². The van der Waals surface area contributed by atoms with Gasteiger partial charge in [0.25, 0.3) is 5.91 Å². The molecule has 24 heavy (non-hydrogen) atoms. The van der Waals surface area contributed by atoms with Crippen LogP contribution in [0.5, 0.6) is 17.2 Å². The van der Waals surface area contributed by atoms with Crippen LogP contribution < -0.4 is 5.32 Å². The highest BCUT2D eigenvalue weighted by Crippen LogP contribution is 2.35. The molecule has 1 atom stereocenters. The Morgan fingerprint density at radius 3 is 2.50 bits per heavy atom. The molecule has 0 heterocycles. The minimum atomic E-state index is -0.866. The largest absolute Gasteiger partial charge is 0.504 e. The van der Waals surface area contributed by atoms with Gasteiger partial charge in [-0.1, -0.05) is 6.08 Å². The maximum atomic E-state index is 12.2. The Labute approximate surface area is 144 Å². The number of unbranched alkanes of at least 4 members (excludes halogenated alkanes) is 1. The fourth-order valence-corrected chi connectivity index (χ4v) is 2.81. The van der Waals surface area contributed by atoms with Crippen molar-refractivity contribution in [2.75, 3.05) is 18.6 Å². The molecular weight excluding hydrogens is 334 g/mol. The Bertz CT molecular complexity index is 581. The topological polar surface area (TPSA) is 116 Å². The summed E-state index contributed by atoms with van der Waals surface area (Å²) in [7, 11) is 1.22. The minimum absolute atomic E-state index is 0.0895. The summed E-state index contributed by atoms with van der Waals surface area (Å²) in [4.78, 5) is 24.0. The normalized spacial score (nSPS) is 11.5. The van der Waals surface area contributed by atoms with E-state index in [2.05, 4.69) is 16.6 Å². The molecule has 0 saturated carbocycles. The molecule has 0 aliphatic carbocycles. The molecule has 132 valence electrons. The standard InChI is InChI=1S/C16H21NO6S/c1-3-4-5-6-24-9-11(16(22)23-2)17-15(21)10-7-12(18)14(20)13(19)8-10/h3,7-8,11,18-20H,1,4-6,9H2,2H3,(H,17,21)/t11-/m0/s1. The second-order valence-electron chi connectivity index (χ2n) is 4.92. The van der Waals surface area contributed by atoms with Gasteiger partial charge in [0.2, 0.25) is 0 Å². The Hall–Kier alpha value is -2.35. The van der Waals surface area contributed by atoms with Gasteiger partial charge < -0.3 is 25.4 Å². The van der Waals surface area contributed by atoms with E-state index in [-0.39, 0.29) is 5.56 Å². The van der Waals surface area contributed by atoms with Crippen LogP contribution in [0.3, 0.4) is 0 Å². The lowest BCUT2D eigenvalue weighted by molar-refractivity contribution is -0.142. The average molecular weight is 355 g/mol.